The highest BCUT2D eigenvalue weighted by atomic mass is 16.6. The molecule has 0 spiro atoms. The Morgan fingerprint density at radius 3 is 2.50 bits per heavy atom. The van der Waals surface area contributed by atoms with Crippen LogP contribution in [0.25, 0.3) is 0 Å². The van der Waals surface area contributed by atoms with Crippen molar-refractivity contribution < 1.29 is 23.8 Å². The predicted octanol–water partition coefficient (Wildman–Crippen LogP) is 2.82. The first-order chi connectivity index (χ1) is 13.5. The van der Waals surface area contributed by atoms with Crippen molar-refractivity contribution in [3.63, 3.8) is 0 Å². The number of nitriles is 1. The van der Waals surface area contributed by atoms with Crippen LogP contribution in [0.3, 0.4) is 0 Å². The molecule has 0 amide bonds. The van der Waals surface area contributed by atoms with Gasteiger partial charge in [0.25, 0.3) is 0 Å². The molecule has 0 aliphatic rings. The summed E-state index contributed by atoms with van der Waals surface area (Å²) < 4.78 is 17.5. The zero-order valence-electron chi connectivity index (χ0n) is 16.4. The molecule has 7 heteroatoms. The smallest absolute Gasteiger partial charge is 0.344 e. The number of carbonyl (C=O) groups excluding carboxylic acids is 2. The number of hydrogen-bond donors (Lipinski definition) is 0. The molecule has 2 rings (SSSR count). The Morgan fingerprint density at radius 2 is 1.86 bits per heavy atom. The van der Waals surface area contributed by atoms with Crippen LogP contribution in [0, 0.1) is 25.2 Å². The molecule has 0 fully saturated rings. The number of aryl methyl sites for hydroxylation is 1. The third kappa shape index (κ3) is 5.69. The van der Waals surface area contributed by atoms with E-state index in [1.54, 1.807) is 31.4 Å². The van der Waals surface area contributed by atoms with Gasteiger partial charge in [-0.2, -0.15) is 5.26 Å². The maximum absolute atomic E-state index is 12.4. The minimum atomic E-state index is -0.633. The van der Waals surface area contributed by atoms with Gasteiger partial charge in [-0.3, -0.25) is 4.79 Å². The monoisotopic (exact) mass is 384 g/mol. The van der Waals surface area contributed by atoms with E-state index in [0.717, 1.165) is 24.4 Å². The fourth-order valence-corrected chi connectivity index (χ4v) is 2.83. The highest BCUT2D eigenvalue weighted by Crippen LogP contribution is 2.17. The summed E-state index contributed by atoms with van der Waals surface area (Å²) in [5.41, 5.74) is 2.88. The Bertz CT molecular complexity index is 862. The number of carbonyl (C=O) groups is 2. The van der Waals surface area contributed by atoms with E-state index in [2.05, 4.69) is 4.57 Å². The zero-order valence-corrected chi connectivity index (χ0v) is 16.4. The quantitative estimate of drug-likeness (QED) is 0.355. The molecule has 0 N–H and O–H groups in total. The fourth-order valence-electron chi connectivity index (χ4n) is 2.83. The molecule has 0 aliphatic heterocycles. The van der Waals surface area contributed by atoms with E-state index in [1.807, 2.05) is 26.0 Å². The summed E-state index contributed by atoms with van der Waals surface area (Å²) in [6, 6.07) is 10.2. The van der Waals surface area contributed by atoms with Crippen LogP contribution >= 0.6 is 0 Å². The molecule has 1 heterocycles. The van der Waals surface area contributed by atoms with Gasteiger partial charge in [0.1, 0.15) is 5.75 Å². The summed E-state index contributed by atoms with van der Waals surface area (Å²) in [4.78, 5) is 24.3. The van der Waals surface area contributed by atoms with Gasteiger partial charge in [-0.15, -0.1) is 0 Å². The molecule has 28 heavy (non-hydrogen) atoms. The molecule has 0 atom stereocenters. The maximum Gasteiger partial charge on any atom is 0.344 e. The zero-order chi connectivity index (χ0) is 20.5. The van der Waals surface area contributed by atoms with Gasteiger partial charge in [0, 0.05) is 37.2 Å². The second kappa shape index (κ2) is 10.3. The lowest BCUT2D eigenvalue weighted by molar-refractivity contribution is -0.144. The second-order valence-electron chi connectivity index (χ2n) is 6.29. The van der Waals surface area contributed by atoms with Crippen LogP contribution in [0.4, 0.5) is 0 Å². The Morgan fingerprint density at radius 1 is 1.14 bits per heavy atom. The van der Waals surface area contributed by atoms with Gasteiger partial charge in [0.15, 0.2) is 13.2 Å². The van der Waals surface area contributed by atoms with Crippen molar-refractivity contribution in [1.29, 1.82) is 5.26 Å². The Balaban J connectivity index is 1.84. The number of Topliss-reactive ketones (excluding diaryl/α,β-unsaturated/α-hetero) is 1. The Labute approximate surface area is 164 Å². The number of nitrogens with zero attached hydrogens (tertiary/aromatic N) is 2. The standard InChI is InChI=1S/C21H24N2O5/c1-15-11-19(16(2)23(15)9-4-10-26-3)20(24)13-28-21(25)14-27-18-7-5-17(12-22)6-8-18/h5-8,11H,4,9-10,13-14H2,1-3H3. The van der Waals surface area contributed by atoms with Crippen LogP contribution in [0.5, 0.6) is 5.75 Å². The predicted molar refractivity (Wildman–Crippen MR) is 102 cm³/mol. The number of ketones is 1. The van der Waals surface area contributed by atoms with Gasteiger partial charge >= 0.3 is 5.97 Å². The first-order valence-corrected chi connectivity index (χ1v) is 8.93. The van der Waals surface area contributed by atoms with Gasteiger partial charge in [-0.1, -0.05) is 0 Å². The third-order valence-electron chi connectivity index (χ3n) is 4.31. The molecule has 148 valence electrons. The molecular weight excluding hydrogens is 360 g/mol. The molecule has 0 saturated heterocycles. The number of ether oxygens (including phenoxy) is 3. The molecule has 1 aromatic heterocycles. The Kier molecular flexibility index (Phi) is 7.78. The topological polar surface area (TPSA) is 90.6 Å². The molecule has 1 aromatic carbocycles. The Hall–Kier alpha value is -3.11. The summed E-state index contributed by atoms with van der Waals surface area (Å²) in [5.74, 6) is -0.439. The molecule has 0 radical (unpaired) electrons. The van der Waals surface area contributed by atoms with Crippen LogP contribution in [0.1, 0.15) is 33.7 Å². The number of rotatable bonds is 10. The van der Waals surface area contributed by atoms with Crippen LogP contribution in [-0.2, 0) is 20.8 Å². The van der Waals surface area contributed by atoms with E-state index in [0.29, 0.717) is 23.5 Å². The molecular formula is C21H24N2O5. The third-order valence-corrected chi connectivity index (χ3v) is 4.31. The maximum atomic E-state index is 12.4. The van der Waals surface area contributed by atoms with E-state index in [9.17, 15) is 9.59 Å². The van der Waals surface area contributed by atoms with Crippen molar-refractivity contribution in [1.82, 2.24) is 4.57 Å². The summed E-state index contributed by atoms with van der Waals surface area (Å²) in [7, 11) is 1.66. The summed E-state index contributed by atoms with van der Waals surface area (Å²) in [6.45, 7) is 4.58. The van der Waals surface area contributed by atoms with Crippen LogP contribution in [0.2, 0.25) is 0 Å². The number of esters is 1. The highest BCUT2D eigenvalue weighted by molar-refractivity contribution is 5.99. The molecule has 0 saturated carbocycles. The van der Waals surface area contributed by atoms with Gasteiger partial charge in [0.2, 0.25) is 5.78 Å². The summed E-state index contributed by atoms with van der Waals surface area (Å²) in [6.07, 6.45) is 0.849. The summed E-state index contributed by atoms with van der Waals surface area (Å²) >= 11 is 0. The van der Waals surface area contributed by atoms with E-state index in [1.165, 1.54) is 0 Å². The van der Waals surface area contributed by atoms with Crippen molar-refractivity contribution in [3.8, 4) is 11.8 Å². The minimum absolute atomic E-state index is 0.252. The normalized spacial score (nSPS) is 10.4. The van der Waals surface area contributed by atoms with E-state index in [-0.39, 0.29) is 19.0 Å². The minimum Gasteiger partial charge on any atom is -0.482 e. The van der Waals surface area contributed by atoms with Gasteiger partial charge < -0.3 is 18.8 Å². The SMILES string of the molecule is COCCCn1c(C)cc(C(=O)COC(=O)COc2ccc(C#N)cc2)c1C. The number of methoxy groups -OCH3 is 1. The van der Waals surface area contributed by atoms with E-state index < -0.39 is 5.97 Å². The summed E-state index contributed by atoms with van der Waals surface area (Å²) in [5, 5.41) is 8.75. The number of aromatic nitrogens is 1. The lowest BCUT2D eigenvalue weighted by Gasteiger charge is -2.09. The molecule has 0 bridgehead atoms. The van der Waals surface area contributed by atoms with Crippen molar-refractivity contribution in [3.05, 3.63) is 52.8 Å². The molecule has 0 unspecified atom stereocenters. The number of hydrogen-bond acceptors (Lipinski definition) is 6. The van der Waals surface area contributed by atoms with E-state index in [4.69, 9.17) is 19.5 Å². The molecule has 0 aliphatic carbocycles. The van der Waals surface area contributed by atoms with Gasteiger partial charge in [-0.25, -0.2) is 4.79 Å². The lowest BCUT2D eigenvalue weighted by atomic mass is 10.1. The van der Waals surface area contributed by atoms with Crippen molar-refractivity contribution in [2.45, 2.75) is 26.8 Å². The van der Waals surface area contributed by atoms with Crippen molar-refractivity contribution >= 4 is 11.8 Å². The average molecular weight is 384 g/mol. The number of benzene rings is 1. The van der Waals surface area contributed by atoms with E-state index >= 15 is 0 Å². The lowest BCUT2D eigenvalue weighted by Crippen LogP contribution is -2.20. The first-order valence-electron chi connectivity index (χ1n) is 8.93. The fraction of sp³-hybridized carbons (Fsp3) is 0.381. The van der Waals surface area contributed by atoms with Gasteiger partial charge in [0.05, 0.1) is 11.6 Å². The van der Waals surface area contributed by atoms with Crippen molar-refractivity contribution in [2.24, 2.45) is 0 Å². The van der Waals surface area contributed by atoms with Crippen LogP contribution in [-0.4, -0.2) is 43.3 Å². The molecule has 7 nitrogen and oxygen atoms in total. The highest BCUT2D eigenvalue weighted by Gasteiger charge is 2.17. The largest absolute Gasteiger partial charge is 0.482 e. The van der Waals surface area contributed by atoms with Crippen LogP contribution < -0.4 is 4.74 Å². The van der Waals surface area contributed by atoms with Gasteiger partial charge in [-0.05, 0) is 50.6 Å². The average Bonchev–Trinajstić information content (AvgIpc) is 2.99. The second-order valence-corrected chi connectivity index (χ2v) is 6.29. The molecule has 2 aromatic rings. The van der Waals surface area contributed by atoms with Crippen LogP contribution in [0.15, 0.2) is 30.3 Å². The first kappa shape index (κ1) is 21.2. The van der Waals surface area contributed by atoms with Crippen molar-refractivity contribution in [2.75, 3.05) is 26.9 Å².